The maximum atomic E-state index is 9.99. The second kappa shape index (κ2) is 3.08. The Morgan fingerprint density at radius 2 is 2.17 bits per heavy atom. The van der Waals surface area contributed by atoms with Crippen molar-refractivity contribution in [3.8, 4) is 0 Å². The highest BCUT2D eigenvalue weighted by atomic mass is 35.5. The van der Waals surface area contributed by atoms with Crippen molar-refractivity contribution in [3.05, 3.63) is 0 Å². The van der Waals surface area contributed by atoms with Crippen LogP contribution in [0.25, 0.3) is 0 Å². The number of halogens is 2. The minimum atomic E-state index is -1.33. The molecule has 1 aliphatic carbocycles. The Kier molecular flexibility index (Phi) is 2.60. The summed E-state index contributed by atoms with van der Waals surface area (Å²) in [5.41, 5.74) is 0.307. The molecule has 0 aromatic carbocycles. The van der Waals surface area contributed by atoms with Crippen molar-refractivity contribution in [3.63, 3.8) is 0 Å². The minimum Gasteiger partial charge on any atom is -0.431 e. The molecule has 12 heavy (non-hydrogen) atoms. The highest BCUT2D eigenvalue weighted by molar-refractivity contribution is 6.47. The summed E-state index contributed by atoms with van der Waals surface area (Å²) in [5, 5.41) is 0. The summed E-state index contributed by atoms with van der Waals surface area (Å²) in [5.74, 6) is 0.465. The number of alkyl halides is 2. The zero-order chi connectivity index (χ0) is 9.41. The van der Waals surface area contributed by atoms with Crippen molar-refractivity contribution in [1.29, 1.82) is 0 Å². The molecule has 0 aliphatic heterocycles. The maximum absolute atomic E-state index is 9.99. The van der Waals surface area contributed by atoms with Crippen molar-refractivity contribution >= 4 is 29.7 Å². The molecule has 1 atom stereocenters. The second-order valence-corrected chi connectivity index (χ2v) is 5.36. The van der Waals surface area contributed by atoms with Gasteiger partial charge in [0.15, 0.2) is 0 Å². The fourth-order valence-electron chi connectivity index (χ4n) is 1.33. The quantitative estimate of drug-likeness (QED) is 0.527. The Hall–Kier alpha value is 0.0500. The molecule has 0 radical (unpaired) electrons. The van der Waals surface area contributed by atoms with Gasteiger partial charge in [0, 0.05) is 6.42 Å². The van der Waals surface area contributed by atoms with E-state index in [4.69, 9.17) is 23.2 Å². The van der Waals surface area contributed by atoms with E-state index in [2.05, 4.69) is 18.6 Å². The Bertz CT molecular complexity index is 189. The molecule has 0 bridgehead atoms. The monoisotopic (exact) mass is 210 g/mol. The number of carbonyl (C=O) groups excluding carboxylic acids is 1. The van der Waals surface area contributed by atoms with E-state index in [1.807, 2.05) is 0 Å². The Morgan fingerprint density at radius 3 is 2.50 bits per heavy atom. The van der Waals surface area contributed by atoms with Gasteiger partial charge in [-0.1, -0.05) is 37.0 Å². The molecule has 0 heterocycles. The van der Waals surface area contributed by atoms with E-state index in [1.54, 1.807) is 0 Å². The molecule has 1 fully saturated rings. The topological polar surface area (TPSA) is 26.3 Å². The van der Waals surface area contributed by atoms with Gasteiger partial charge in [0.25, 0.3) is 11.0 Å². The smallest absolute Gasteiger partial charge is 0.295 e. The van der Waals surface area contributed by atoms with E-state index in [-0.39, 0.29) is 6.47 Å². The summed E-state index contributed by atoms with van der Waals surface area (Å²) >= 11 is 11.4. The molecule has 0 aromatic heterocycles. The van der Waals surface area contributed by atoms with Gasteiger partial charge in [-0.3, -0.25) is 4.79 Å². The predicted octanol–water partition coefficient (Wildman–Crippen LogP) is 2.73. The molecule has 0 saturated heterocycles. The Balaban J connectivity index is 2.36. The lowest BCUT2D eigenvalue weighted by molar-refractivity contribution is -0.132. The summed E-state index contributed by atoms with van der Waals surface area (Å²) < 4.78 is 3.19. The fraction of sp³-hybridized carbons (Fsp3) is 0.875. The third kappa shape index (κ3) is 2.53. The average Bonchev–Trinajstić information content (AvgIpc) is 2.36. The normalized spacial score (nSPS) is 26.5. The molecular formula is C8H12Cl2O2. The highest BCUT2D eigenvalue weighted by Crippen LogP contribution is 2.56. The number of rotatable bonds is 4. The lowest BCUT2D eigenvalue weighted by Gasteiger charge is -2.17. The molecule has 0 aromatic rings. The van der Waals surface area contributed by atoms with E-state index in [0.29, 0.717) is 17.8 Å². The minimum absolute atomic E-state index is 0.287. The lowest BCUT2D eigenvalue weighted by Crippen LogP contribution is -2.18. The van der Waals surface area contributed by atoms with Crippen LogP contribution in [0, 0.1) is 11.3 Å². The van der Waals surface area contributed by atoms with Crippen LogP contribution in [-0.4, -0.2) is 11.0 Å². The molecule has 0 spiro atoms. The summed E-state index contributed by atoms with van der Waals surface area (Å²) in [7, 11) is 0. The number of hydrogen-bond donors (Lipinski definition) is 0. The SMILES string of the molecule is CC1(C)CC1CC(Cl)(Cl)OC=O. The number of carbonyl (C=O) groups is 1. The average molecular weight is 211 g/mol. The second-order valence-electron chi connectivity index (χ2n) is 3.95. The third-order valence-corrected chi connectivity index (χ3v) is 2.91. The fourth-order valence-corrected chi connectivity index (χ4v) is 1.78. The molecule has 0 amide bonds. The van der Waals surface area contributed by atoms with Gasteiger partial charge < -0.3 is 4.74 Å². The summed E-state index contributed by atoms with van der Waals surface area (Å²) in [6.45, 7) is 4.57. The number of hydrogen-bond acceptors (Lipinski definition) is 2. The standard InChI is InChI=1S/C8H12Cl2O2/c1-7(2)3-6(7)4-8(9,10)12-5-11/h5-6H,3-4H2,1-2H3. The first-order chi connectivity index (χ1) is 5.37. The largest absolute Gasteiger partial charge is 0.431 e. The van der Waals surface area contributed by atoms with Gasteiger partial charge in [0.2, 0.25) is 0 Å². The van der Waals surface area contributed by atoms with Crippen LogP contribution in [0.2, 0.25) is 0 Å². The van der Waals surface area contributed by atoms with Crippen LogP contribution < -0.4 is 0 Å². The Labute approximate surface area is 82.2 Å². The predicted molar refractivity (Wildman–Crippen MR) is 48.1 cm³/mol. The number of ether oxygens (including phenoxy) is 1. The van der Waals surface area contributed by atoms with Crippen molar-refractivity contribution in [1.82, 2.24) is 0 Å². The van der Waals surface area contributed by atoms with Gasteiger partial charge in [0.05, 0.1) is 0 Å². The molecule has 1 saturated carbocycles. The van der Waals surface area contributed by atoms with E-state index in [1.165, 1.54) is 0 Å². The van der Waals surface area contributed by atoms with Gasteiger partial charge in [-0.05, 0) is 17.8 Å². The molecule has 0 N–H and O–H groups in total. The molecule has 1 rings (SSSR count). The molecular weight excluding hydrogens is 199 g/mol. The van der Waals surface area contributed by atoms with Gasteiger partial charge in [-0.2, -0.15) is 0 Å². The lowest BCUT2D eigenvalue weighted by atomic mass is 10.1. The molecule has 4 heteroatoms. The van der Waals surface area contributed by atoms with Crippen LogP contribution in [0.4, 0.5) is 0 Å². The van der Waals surface area contributed by atoms with E-state index >= 15 is 0 Å². The molecule has 1 aliphatic rings. The summed E-state index contributed by atoms with van der Waals surface area (Å²) in [4.78, 5) is 9.99. The van der Waals surface area contributed by atoms with Crippen molar-refractivity contribution in [2.75, 3.05) is 0 Å². The van der Waals surface area contributed by atoms with E-state index in [9.17, 15) is 4.79 Å². The van der Waals surface area contributed by atoms with E-state index < -0.39 is 4.52 Å². The van der Waals surface area contributed by atoms with Crippen LogP contribution in [0.15, 0.2) is 0 Å². The zero-order valence-corrected chi connectivity index (χ0v) is 8.65. The van der Waals surface area contributed by atoms with Crippen LogP contribution in [0.3, 0.4) is 0 Å². The first-order valence-corrected chi connectivity index (χ1v) is 4.62. The van der Waals surface area contributed by atoms with Crippen molar-refractivity contribution in [2.45, 2.75) is 31.2 Å². The van der Waals surface area contributed by atoms with Crippen molar-refractivity contribution in [2.24, 2.45) is 11.3 Å². The third-order valence-electron chi connectivity index (χ3n) is 2.42. The van der Waals surface area contributed by atoms with E-state index in [0.717, 1.165) is 6.42 Å². The van der Waals surface area contributed by atoms with Gasteiger partial charge in [-0.25, -0.2) is 0 Å². The maximum Gasteiger partial charge on any atom is 0.295 e. The summed E-state index contributed by atoms with van der Waals surface area (Å²) in [6, 6.07) is 0. The first-order valence-electron chi connectivity index (χ1n) is 3.87. The van der Waals surface area contributed by atoms with Gasteiger partial charge in [-0.15, -0.1) is 0 Å². The molecule has 1 unspecified atom stereocenters. The van der Waals surface area contributed by atoms with Crippen LogP contribution in [0.1, 0.15) is 26.7 Å². The molecule has 2 nitrogen and oxygen atoms in total. The van der Waals surface area contributed by atoms with Crippen LogP contribution >= 0.6 is 23.2 Å². The van der Waals surface area contributed by atoms with Gasteiger partial charge in [0.1, 0.15) is 0 Å². The van der Waals surface area contributed by atoms with Crippen LogP contribution in [-0.2, 0) is 9.53 Å². The highest BCUT2D eigenvalue weighted by Gasteiger charge is 2.49. The van der Waals surface area contributed by atoms with Crippen LogP contribution in [0.5, 0.6) is 0 Å². The molecule has 70 valence electrons. The van der Waals surface area contributed by atoms with Crippen molar-refractivity contribution < 1.29 is 9.53 Å². The Morgan fingerprint density at radius 1 is 1.67 bits per heavy atom. The van der Waals surface area contributed by atoms with Gasteiger partial charge >= 0.3 is 0 Å². The zero-order valence-electron chi connectivity index (χ0n) is 7.14. The first kappa shape index (κ1) is 10.1. The summed E-state index contributed by atoms with van der Waals surface area (Å²) in [6.07, 6.45) is 1.61.